The lowest BCUT2D eigenvalue weighted by Crippen LogP contribution is -2.32. The number of aromatic amines is 1. The van der Waals surface area contributed by atoms with Gasteiger partial charge in [0.15, 0.2) is 0 Å². The van der Waals surface area contributed by atoms with Crippen LogP contribution in [0.2, 0.25) is 0 Å². The van der Waals surface area contributed by atoms with Crippen molar-refractivity contribution in [2.75, 3.05) is 30.1 Å². The number of nitrogens with one attached hydrogen (secondary N) is 1. The zero-order valence-corrected chi connectivity index (χ0v) is 15.0. The molecule has 6 nitrogen and oxygen atoms in total. The average molecular weight is 334 g/mol. The van der Waals surface area contributed by atoms with Crippen molar-refractivity contribution in [2.45, 2.75) is 51.4 Å². The molecule has 6 heteroatoms. The molecule has 1 aliphatic rings. The Morgan fingerprint density at radius 2 is 1.67 bits per heavy atom. The zero-order valence-electron chi connectivity index (χ0n) is 15.0. The van der Waals surface area contributed by atoms with Crippen molar-refractivity contribution in [1.82, 2.24) is 9.55 Å². The van der Waals surface area contributed by atoms with Crippen LogP contribution in [0.5, 0.6) is 0 Å². The van der Waals surface area contributed by atoms with E-state index < -0.39 is 0 Å². The van der Waals surface area contributed by atoms with Crippen LogP contribution >= 0.6 is 0 Å². The molecule has 134 valence electrons. The monoisotopic (exact) mass is 334 g/mol. The van der Waals surface area contributed by atoms with E-state index >= 15 is 0 Å². The van der Waals surface area contributed by atoms with Crippen molar-refractivity contribution in [1.29, 1.82) is 0 Å². The summed E-state index contributed by atoms with van der Waals surface area (Å²) in [7, 11) is 3.61. The number of nitrogens with zero attached hydrogens (tertiary/aromatic N) is 3. The highest BCUT2D eigenvalue weighted by Crippen LogP contribution is 2.29. The van der Waals surface area contributed by atoms with Crippen molar-refractivity contribution in [3.63, 3.8) is 0 Å². The lowest BCUT2D eigenvalue weighted by Gasteiger charge is -2.20. The molecule has 0 fully saturated rings. The summed E-state index contributed by atoms with van der Waals surface area (Å²) in [5.74, 6) is 0.746. The van der Waals surface area contributed by atoms with Crippen molar-refractivity contribution < 1.29 is 0 Å². The van der Waals surface area contributed by atoms with Gasteiger partial charge < -0.3 is 9.80 Å². The third-order valence-electron chi connectivity index (χ3n) is 4.67. The van der Waals surface area contributed by atoms with E-state index in [0.717, 1.165) is 25.2 Å². The van der Waals surface area contributed by atoms with Crippen LogP contribution in [0.4, 0.5) is 11.5 Å². The summed E-state index contributed by atoms with van der Waals surface area (Å²) in [5.41, 5.74) is -0.0458. The number of hydrogen-bond donors (Lipinski definition) is 1. The quantitative estimate of drug-likeness (QED) is 0.528. The second kappa shape index (κ2) is 8.76. The van der Waals surface area contributed by atoms with Crippen molar-refractivity contribution in [3.05, 3.63) is 33.5 Å². The maximum atomic E-state index is 12.0. The third kappa shape index (κ3) is 4.30. The fourth-order valence-corrected chi connectivity index (χ4v) is 3.35. The Morgan fingerprint density at radius 3 is 2.33 bits per heavy atom. The van der Waals surface area contributed by atoms with Gasteiger partial charge in [-0.3, -0.25) is 14.3 Å². The number of aromatic nitrogens is 2. The van der Waals surface area contributed by atoms with Gasteiger partial charge >= 0.3 is 5.69 Å². The van der Waals surface area contributed by atoms with Gasteiger partial charge in [0.1, 0.15) is 11.5 Å². The number of allylic oxidation sites excluding steroid dienone is 1. The SMILES string of the molecule is C=CCCCCCCCCCN1CN(C)c2c1n(C)c(=O)[nH]c2=O. The first-order chi connectivity index (χ1) is 11.6. The van der Waals surface area contributed by atoms with Crippen molar-refractivity contribution in [2.24, 2.45) is 7.05 Å². The van der Waals surface area contributed by atoms with Crippen LogP contribution in [0.1, 0.15) is 51.4 Å². The minimum atomic E-state index is -0.349. The molecule has 2 heterocycles. The summed E-state index contributed by atoms with van der Waals surface area (Å²) in [4.78, 5) is 30.3. The van der Waals surface area contributed by atoms with Crippen LogP contribution in [0, 0.1) is 0 Å². The predicted octanol–water partition coefficient (Wildman–Crippen LogP) is 2.59. The van der Waals surface area contributed by atoms with E-state index in [2.05, 4.69) is 16.5 Å². The molecule has 0 aromatic carbocycles. The largest absolute Gasteiger partial charge is 0.349 e. The standard InChI is InChI=1S/C18H30N4O2/c1-4-5-6-7-8-9-10-11-12-13-22-14-20(2)15-16(23)19-18(24)21(3)17(15)22/h4H,1,5-14H2,2-3H3,(H,19,23,24). The van der Waals surface area contributed by atoms with Crippen molar-refractivity contribution >= 4 is 11.5 Å². The normalized spacial score (nSPS) is 13.4. The van der Waals surface area contributed by atoms with Crippen molar-refractivity contribution in [3.8, 4) is 0 Å². The van der Waals surface area contributed by atoms with Crippen LogP contribution < -0.4 is 21.0 Å². The van der Waals surface area contributed by atoms with Crippen LogP contribution in [-0.2, 0) is 7.05 Å². The first kappa shape index (κ1) is 18.4. The first-order valence-corrected chi connectivity index (χ1v) is 8.96. The summed E-state index contributed by atoms with van der Waals surface area (Å²) in [6.45, 7) is 5.29. The predicted molar refractivity (Wildman–Crippen MR) is 100 cm³/mol. The smallest absolute Gasteiger partial charge is 0.329 e. The Kier molecular flexibility index (Phi) is 6.70. The molecule has 0 bridgehead atoms. The van der Waals surface area contributed by atoms with Gasteiger partial charge in [0.25, 0.3) is 5.56 Å². The fourth-order valence-electron chi connectivity index (χ4n) is 3.35. The third-order valence-corrected chi connectivity index (χ3v) is 4.67. The molecule has 0 aliphatic carbocycles. The molecule has 24 heavy (non-hydrogen) atoms. The number of anilines is 2. The summed E-state index contributed by atoms with van der Waals surface area (Å²) in [5, 5.41) is 0. The van der Waals surface area contributed by atoms with Crippen LogP contribution in [-0.4, -0.2) is 29.8 Å². The maximum absolute atomic E-state index is 12.0. The maximum Gasteiger partial charge on any atom is 0.329 e. The minimum absolute atomic E-state index is 0.294. The van der Waals surface area contributed by atoms with Gasteiger partial charge in [0.05, 0.1) is 6.67 Å². The van der Waals surface area contributed by atoms with Gasteiger partial charge in [-0.25, -0.2) is 4.79 Å². The Labute approximate surface area is 143 Å². The van der Waals surface area contributed by atoms with Crippen LogP contribution in [0.15, 0.2) is 22.2 Å². The number of unbranched alkanes of at least 4 members (excludes halogenated alkanes) is 7. The van der Waals surface area contributed by atoms with Crippen LogP contribution in [0.3, 0.4) is 0 Å². The van der Waals surface area contributed by atoms with Gasteiger partial charge in [0.2, 0.25) is 0 Å². The van der Waals surface area contributed by atoms with Gasteiger partial charge in [-0.1, -0.05) is 38.2 Å². The molecule has 1 aromatic heterocycles. The zero-order chi connectivity index (χ0) is 17.5. The molecule has 0 saturated carbocycles. The second-order valence-electron chi connectivity index (χ2n) is 6.65. The van der Waals surface area contributed by atoms with E-state index in [1.165, 1.54) is 38.5 Å². The fraction of sp³-hybridized carbons (Fsp3) is 0.667. The molecule has 2 rings (SSSR count). The molecule has 1 aromatic rings. The van der Waals surface area contributed by atoms with E-state index in [1.54, 1.807) is 11.6 Å². The van der Waals surface area contributed by atoms with E-state index in [9.17, 15) is 9.59 Å². The summed E-state index contributed by atoms with van der Waals surface area (Å²) in [6.07, 6.45) is 11.8. The molecule has 0 saturated heterocycles. The summed E-state index contributed by atoms with van der Waals surface area (Å²) < 4.78 is 1.54. The summed E-state index contributed by atoms with van der Waals surface area (Å²) in [6, 6.07) is 0. The van der Waals surface area contributed by atoms with Gasteiger partial charge in [-0.05, 0) is 19.3 Å². The van der Waals surface area contributed by atoms with Crippen LogP contribution in [0.25, 0.3) is 0 Å². The summed E-state index contributed by atoms with van der Waals surface area (Å²) >= 11 is 0. The van der Waals surface area contributed by atoms with Gasteiger partial charge in [-0.15, -0.1) is 6.58 Å². The number of rotatable bonds is 10. The van der Waals surface area contributed by atoms with E-state index in [-0.39, 0.29) is 11.2 Å². The van der Waals surface area contributed by atoms with Gasteiger partial charge in [0, 0.05) is 20.6 Å². The molecule has 0 amide bonds. The molecule has 1 N–H and O–H groups in total. The van der Waals surface area contributed by atoms with Gasteiger partial charge in [-0.2, -0.15) is 0 Å². The second-order valence-corrected chi connectivity index (χ2v) is 6.65. The molecule has 0 atom stereocenters. The van der Waals surface area contributed by atoms with E-state index in [1.807, 2.05) is 18.0 Å². The number of fused-ring (bicyclic) bond motifs is 1. The van der Waals surface area contributed by atoms with E-state index in [4.69, 9.17) is 0 Å². The number of H-pyrrole nitrogens is 1. The highest BCUT2D eigenvalue weighted by Gasteiger charge is 2.28. The molecule has 0 spiro atoms. The molecule has 1 aliphatic heterocycles. The Hall–Kier alpha value is -1.98. The molecule has 0 radical (unpaired) electrons. The average Bonchev–Trinajstić information content (AvgIpc) is 2.88. The Balaban J connectivity index is 1.79. The number of hydrogen-bond acceptors (Lipinski definition) is 4. The first-order valence-electron chi connectivity index (χ1n) is 8.96. The highest BCUT2D eigenvalue weighted by atomic mass is 16.2. The lowest BCUT2D eigenvalue weighted by molar-refractivity contribution is 0.576. The minimum Gasteiger partial charge on any atom is -0.349 e. The Morgan fingerprint density at radius 1 is 1.04 bits per heavy atom. The highest BCUT2D eigenvalue weighted by molar-refractivity contribution is 5.71. The molecular formula is C18H30N4O2. The Bertz CT molecular complexity index is 662. The molecule has 0 unspecified atom stereocenters. The molecular weight excluding hydrogens is 304 g/mol. The van der Waals surface area contributed by atoms with E-state index in [0.29, 0.717) is 12.4 Å². The lowest BCUT2D eigenvalue weighted by atomic mass is 10.1. The topological polar surface area (TPSA) is 61.3 Å².